The highest BCUT2D eigenvalue weighted by molar-refractivity contribution is 7.47. The van der Waals surface area contributed by atoms with E-state index in [9.17, 15) is 19.0 Å². The summed E-state index contributed by atoms with van der Waals surface area (Å²) in [6, 6.07) is 20.8. The highest BCUT2D eigenvalue weighted by Gasteiger charge is 2.56. The van der Waals surface area contributed by atoms with Crippen LogP contribution in [0.1, 0.15) is 42.7 Å². The number of esters is 1. The number of nitrogen functional groups attached to an aromatic ring is 1. The highest BCUT2D eigenvalue weighted by atomic mass is 31.2. The number of phosphoric ester groups is 1. The van der Waals surface area contributed by atoms with Gasteiger partial charge in [0.2, 0.25) is 0 Å². The summed E-state index contributed by atoms with van der Waals surface area (Å²) in [5.41, 5.74) is 11.6. The number of hydrogen-bond acceptors (Lipinski definition) is 14. The summed E-state index contributed by atoms with van der Waals surface area (Å²) in [6.45, 7) is 6.69. The van der Waals surface area contributed by atoms with Crippen molar-refractivity contribution in [3.63, 3.8) is 0 Å². The van der Waals surface area contributed by atoms with Crippen LogP contribution in [0.15, 0.2) is 98.1 Å². The Labute approximate surface area is 332 Å². The number of alkyl carbamates (subject to hydrolysis) is 1. The minimum atomic E-state index is -4.70. The number of fused-ring (bicyclic) bond motifs is 5. The fraction of sp³-hybridized carbons (Fsp3) is 0.325. The molecule has 6 atom stereocenters. The van der Waals surface area contributed by atoms with Crippen LogP contribution in [0.25, 0.3) is 22.3 Å². The standard InChI is InChI=1S/C40H41N6O11P/c1-4-17-51-38(47)30(45-39(48)52-19-29-27-11-7-5-9-25(27)26-10-6-8-12-28(26)29)18-23-13-15-24(16-14-23)57-58(49,50)53-20-31-33-34(56-40(2,3)55-33)37(54-31)46-22-44-32-35(41)42-21-43-36(32)46/h4-16,21-22,29-31,33-34,37H,1,17-20H2,2-3H3,(H,45,48)(H,49,50)(H2,41,42,43)/t30-,31+,33+,34+,37+/m0/s1. The van der Waals surface area contributed by atoms with Gasteiger partial charge in [0.25, 0.3) is 0 Å². The molecule has 0 saturated carbocycles. The van der Waals surface area contributed by atoms with Crippen molar-refractivity contribution in [2.75, 3.05) is 25.6 Å². The van der Waals surface area contributed by atoms with E-state index in [-0.39, 0.29) is 43.7 Å². The van der Waals surface area contributed by atoms with Gasteiger partial charge in [0.05, 0.1) is 12.9 Å². The number of phosphoric acid groups is 1. The molecule has 0 spiro atoms. The lowest BCUT2D eigenvalue weighted by molar-refractivity contribution is -0.199. The number of ether oxygens (including phenoxy) is 5. The Hall–Kier alpha value is -5.68. The van der Waals surface area contributed by atoms with Gasteiger partial charge in [0, 0.05) is 12.3 Å². The van der Waals surface area contributed by atoms with Gasteiger partial charge in [-0.15, -0.1) is 0 Å². The van der Waals surface area contributed by atoms with Crippen molar-refractivity contribution in [1.82, 2.24) is 24.8 Å². The summed E-state index contributed by atoms with van der Waals surface area (Å²) < 4.78 is 55.0. The minimum absolute atomic E-state index is 0.0108. The second-order valence-corrected chi connectivity index (χ2v) is 15.7. The molecule has 302 valence electrons. The summed E-state index contributed by atoms with van der Waals surface area (Å²) in [6.07, 6.45) is 0.518. The van der Waals surface area contributed by atoms with Crippen LogP contribution in [0.4, 0.5) is 10.6 Å². The lowest BCUT2D eigenvalue weighted by atomic mass is 9.98. The first-order valence-electron chi connectivity index (χ1n) is 18.5. The Kier molecular flexibility index (Phi) is 10.8. The summed E-state index contributed by atoms with van der Waals surface area (Å²) in [7, 11) is -4.70. The van der Waals surface area contributed by atoms with Crippen LogP contribution >= 0.6 is 7.82 Å². The molecule has 1 aliphatic carbocycles. The maximum Gasteiger partial charge on any atom is 0.527 e. The zero-order valence-corrected chi connectivity index (χ0v) is 32.4. The van der Waals surface area contributed by atoms with Crippen LogP contribution in [0.5, 0.6) is 5.75 Å². The first-order chi connectivity index (χ1) is 27.9. The molecule has 2 aromatic heterocycles. The number of anilines is 1. The number of amides is 1. The van der Waals surface area contributed by atoms with Gasteiger partial charge in [0.1, 0.15) is 55.2 Å². The maximum atomic E-state index is 13.2. The first-order valence-corrected chi connectivity index (χ1v) is 20.0. The van der Waals surface area contributed by atoms with Crippen LogP contribution in [0.2, 0.25) is 0 Å². The Morgan fingerprint density at radius 1 is 0.983 bits per heavy atom. The predicted molar refractivity (Wildman–Crippen MR) is 207 cm³/mol. The smallest absolute Gasteiger partial charge is 0.460 e. The van der Waals surface area contributed by atoms with Crippen molar-refractivity contribution < 1.29 is 51.8 Å². The summed E-state index contributed by atoms with van der Waals surface area (Å²) in [5, 5.41) is 2.63. The van der Waals surface area contributed by atoms with E-state index in [1.165, 1.54) is 30.9 Å². The molecule has 0 bridgehead atoms. The lowest BCUT2D eigenvalue weighted by Crippen LogP contribution is -2.44. The van der Waals surface area contributed by atoms with Crippen LogP contribution in [0, 0.1) is 0 Å². The number of nitrogens with one attached hydrogen (secondary N) is 1. The highest BCUT2D eigenvalue weighted by Crippen LogP contribution is 2.48. The van der Waals surface area contributed by atoms with Gasteiger partial charge < -0.3 is 39.3 Å². The van der Waals surface area contributed by atoms with Crippen molar-refractivity contribution in [2.24, 2.45) is 0 Å². The monoisotopic (exact) mass is 812 g/mol. The Morgan fingerprint density at radius 3 is 2.38 bits per heavy atom. The third-order valence-electron chi connectivity index (χ3n) is 10.0. The number of aromatic nitrogens is 4. The summed E-state index contributed by atoms with van der Waals surface area (Å²) in [5.74, 6) is -1.63. The molecule has 4 N–H and O–H groups in total. The van der Waals surface area contributed by atoms with E-state index in [0.29, 0.717) is 16.7 Å². The van der Waals surface area contributed by atoms with Gasteiger partial charge in [-0.25, -0.2) is 29.1 Å². The van der Waals surface area contributed by atoms with Gasteiger partial charge in [-0.1, -0.05) is 73.3 Å². The van der Waals surface area contributed by atoms with E-state index in [2.05, 4.69) is 26.8 Å². The van der Waals surface area contributed by atoms with Gasteiger partial charge in [-0.2, -0.15) is 0 Å². The molecule has 1 unspecified atom stereocenters. The molecule has 17 nitrogen and oxygen atoms in total. The molecule has 3 aliphatic rings. The van der Waals surface area contributed by atoms with Gasteiger partial charge in [-0.3, -0.25) is 14.0 Å². The molecule has 5 aromatic rings. The van der Waals surface area contributed by atoms with E-state index in [4.69, 9.17) is 38.5 Å². The van der Waals surface area contributed by atoms with E-state index in [0.717, 1.165) is 22.3 Å². The molecular formula is C40H41N6O11P. The van der Waals surface area contributed by atoms with Crippen molar-refractivity contribution in [1.29, 1.82) is 0 Å². The van der Waals surface area contributed by atoms with Crippen molar-refractivity contribution in [3.05, 3.63) is 115 Å². The summed E-state index contributed by atoms with van der Waals surface area (Å²) in [4.78, 5) is 49.4. The number of carbonyl (C=O) groups is 2. The minimum Gasteiger partial charge on any atom is -0.460 e. The fourth-order valence-electron chi connectivity index (χ4n) is 7.54. The molecule has 58 heavy (non-hydrogen) atoms. The molecule has 2 fully saturated rings. The van der Waals surface area contributed by atoms with Crippen LogP contribution in [0.3, 0.4) is 0 Å². The molecule has 0 radical (unpaired) electrons. The van der Waals surface area contributed by atoms with E-state index in [1.54, 1.807) is 30.5 Å². The Bertz CT molecular complexity index is 2350. The zero-order chi connectivity index (χ0) is 40.6. The Morgan fingerprint density at radius 2 is 1.67 bits per heavy atom. The third kappa shape index (κ3) is 8.05. The number of hydrogen-bond donors (Lipinski definition) is 3. The number of nitrogens with zero attached hydrogens (tertiary/aromatic N) is 4. The number of benzene rings is 3. The maximum absolute atomic E-state index is 13.2. The largest absolute Gasteiger partial charge is 0.527 e. The molecular weight excluding hydrogens is 771 g/mol. The SMILES string of the molecule is C=CCOC(=O)[C@H](Cc1ccc(OP(=O)(O)OC[C@H]2O[C@@H](n3cnc4c(N)ncnc43)[C@@H]3OC(C)(C)O[C@@H]32)cc1)NC(=O)OCC1c2ccccc2-c2ccccc21. The topological polar surface area (TPSA) is 218 Å². The zero-order valence-electron chi connectivity index (χ0n) is 31.5. The lowest BCUT2D eigenvalue weighted by Gasteiger charge is -2.25. The van der Waals surface area contributed by atoms with E-state index < -0.39 is 56.3 Å². The van der Waals surface area contributed by atoms with Crippen molar-refractivity contribution in [3.8, 4) is 16.9 Å². The molecule has 8 rings (SSSR count). The molecule has 18 heteroatoms. The molecule has 2 saturated heterocycles. The number of nitrogens with two attached hydrogens (primary N) is 1. The average molecular weight is 813 g/mol. The van der Waals surface area contributed by atoms with Crippen molar-refractivity contribution in [2.45, 2.75) is 62.6 Å². The van der Waals surface area contributed by atoms with Gasteiger partial charge in [0.15, 0.2) is 23.5 Å². The predicted octanol–water partition coefficient (Wildman–Crippen LogP) is 5.20. The van der Waals surface area contributed by atoms with E-state index in [1.807, 2.05) is 48.5 Å². The van der Waals surface area contributed by atoms with Crippen molar-refractivity contribution >= 4 is 36.9 Å². The quantitative estimate of drug-likeness (QED) is 0.0746. The van der Waals surface area contributed by atoms with Gasteiger partial charge in [-0.05, 0) is 53.8 Å². The first kappa shape index (κ1) is 39.2. The van der Waals surface area contributed by atoms with Crippen LogP contribution in [-0.4, -0.2) is 86.4 Å². The van der Waals surface area contributed by atoms with Gasteiger partial charge >= 0.3 is 19.9 Å². The van der Waals surface area contributed by atoms with Crippen LogP contribution < -0.4 is 15.6 Å². The Balaban J connectivity index is 0.885. The number of carbonyl (C=O) groups excluding carboxylic acids is 2. The second kappa shape index (κ2) is 15.9. The third-order valence-corrected chi connectivity index (χ3v) is 11.0. The average Bonchev–Trinajstić information content (AvgIpc) is 3.95. The molecule has 2 aliphatic heterocycles. The molecule has 1 amide bonds. The molecule has 3 aromatic carbocycles. The fourth-order valence-corrected chi connectivity index (χ4v) is 8.32. The molecule has 4 heterocycles. The second-order valence-electron chi connectivity index (χ2n) is 14.4. The number of rotatable bonds is 14. The van der Waals surface area contributed by atoms with E-state index >= 15 is 0 Å². The normalized spacial score (nSPS) is 22.0. The number of imidazole rings is 1. The van der Waals surface area contributed by atoms with Crippen LogP contribution in [-0.2, 0) is 44.0 Å². The summed E-state index contributed by atoms with van der Waals surface area (Å²) >= 11 is 0.